The van der Waals surface area contributed by atoms with Crippen molar-refractivity contribution in [1.29, 1.82) is 0 Å². The van der Waals surface area contributed by atoms with E-state index in [1.807, 2.05) is 0 Å². The van der Waals surface area contributed by atoms with Crippen LogP contribution in [0.3, 0.4) is 0 Å². The van der Waals surface area contributed by atoms with Gasteiger partial charge < -0.3 is 9.80 Å². The molecule has 2 heterocycles. The summed E-state index contributed by atoms with van der Waals surface area (Å²) in [5.74, 6) is 1.55. The zero-order valence-corrected chi connectivity index (χ0v) is 24.2. The maximum Gasteiger partial charge on any atom is 0.0950 e. The SMILES string of the molecule is CC(C)c1cc(C(C)C)c(C2=CC=CC3=CN(C4CCCCCCCCCCC4)CN32)c(C(C)C)c1. The van der Waals surface area contributed by atoms with Crippen molar-refractivity contribution in [3.05, 3.63) is 64.5 Å². The van der Waals surface area contributed by atoms with E-state index in [2.05, 4.69) is 87.9 Å². The van der Waals surface area contributed by atoms with Gasteiger partial charge in [0.25, 0.3) is 0 Å². The predicted octanol–water partition coefficient (Wildman–Crippen LogP) is 10.1. The first-order chi connectivity index (χ1) is 17.4. The number of nitrogens with zero attached hydrogens (tertiary/aromatic N) is 2. The molecule has 0 bridgehead atoms. The van der Waals surface area contributed by atoms with Crippen molar-refractivity contribution in [2.75, 3.05) is 6.67 Å². The van der Waals surface area contributed by atoms with Gasteiger partial charge >= 0.3 is 0 Å². The first-order valence-electron chi connectivity index (χ1n) is 15.2. The molecule has 0 saturated heterocycles. The summed E-state index contributed by atoms with van der Waals surface area (Å²) in [7, 11) is 0. The highest BCUT2D eigenvalue weighted by Gasteiger charge is 2.31. The van der Waals surface area contributed by atoms with Crippen LogP contribution in [0.5, 0.6) is 0 Å². The van der Waals surface area contributed by atoms with Crippen molar-refractivity contribution in [1.82, 2.24) is 9.80 Å². The lowest BCUT2D eigenvalue weighted by Gasteiger charge is -2.34. The number of allylic oxidation sites excluding steroid dienone is 3. The van der Waals surface area contributed by atoms with Crippen molar-refractivity contribution in [2.45, 2.75) is 136 Å². The number of fused-ring (bicyclic) bond motifs is 1. The molecule has 198 valence electrons. The quantitative estimate of drug-likeness (QED) is 0.407. The summed E-state index contributed by atoms with van der Waals surface area (Å²) < 4.78 is 0. The van der Waals surface area contributed by atoms with Gasteiger partial charge in [-0.05, 0) is 59.4 Å². The summed E-state index contributed by atoms with van der Waals surface area (Å²) >= 11 is 0. The Balaban J connectivity index is 1.62. The second-order valence-corrected chi connectivity index (χ2v) is 12.5. The van der Waals surface area contributed by atoms with Gasteiger partial charge in [-0.2, -0.15) is 0 Å². The van der Waals surface area contributed by atoms with Crippen LogP contribution in [-0.4, -0.2) is 22.5 Å². The first-order valence-corrected chi connectivity index (χ1v) is 15.2. The minimum absolute atomic E-state index is 0.500. The molecule has 0 spiro atoms. The van der Waals surface area contributed by atoms with Crippen LogP contribution in [0.25, 0.3) is 5.70 Å². The molecule has 0 atom stereocenters. The van der Waals surface area contributed by atoms with Gasteiger partial charge in [0.2, 0.25) is 0 Å². The molecular formula is C34H52N2. The number of rotatable bonds is 5. The summed E-state index contributed by atoms with van der Waals surface area (Å²) in [6.07, 6.45) is 24.9. The Morgan fingerprint density at radius 3 is 1.72 bits per heavy atom. The van der Waals surface area contributed by atoms with Gasteiger partial charge in [0.1, 0.15) is 0 Å². The fourth-order valence-electron chi connectivity index (χ4n) is 6.37. The predicted molar refractivity (Wildman–Crippen MR) is 157 cm³/mol. The maximum atomic E-state index is 2.69. The monoisotopic (exact) mass is 488 g/mol. The van der Waals surface area contributed by atoms with Crippen LogP contribution in [0, 0.1) is 0 Å². The standard InChI is InChI=1S/C34H52N2/c1-25(2)28-21-31(26(3)4)34(32(22-28)27(5)6)33-20-16-19-30-23-35(24-36(30)33)29-17-14-12-10-8-7-9-11-13-15-18-29/h16,19-23,25-27,29H,7-15,17-18,24H2,1-6H3. The molecule has 4 rings (SSSR count). The van der Waals surface area contributed by atoms with Gasteiger partial charge in [-0.25, -0.2) is 0 Å². The van der Waals surface area contributed by atoms with Gasteiger partial charge in [0.15, 0.2) is 0 Å². The molecule has 0 N–H and O–H groups in total. The Bertz CT molecular complexity index is 920. The van der Waals surface area contributed by atoms with Crippen molar-refractivity contribution in [3.8, 4) is 0 Å². The van der Waals surface area contributed by atoms with Crippen LogP contribution >= 0.6 is 0 Å². The van der Waals surface area contributed by atoms with E-state index in [1.165, 1.54) is 104 Å². The average molecular weight is 489 g/mol. The van der Waals surface area contributed by atoms with E-state index in [0.29, 0.717) is 23.8 Å². The second-order valence-electron chi connectivity index (χ2n) is 12.5. The third kappa shape index (κ3) is 6.29. The van der Waals surface area contributed by atoms with E-state index in [1.54, 1.807) is 0 Å². The fraction of sp³-hybridized carbons (Fsp3) is 0.647. The lowest BCUT2D eigenvalue weighted by atomic mass is 9.82. The van der Waals surface area contributed by atoms with Crippen LogP contribution < -0.4 is 0 Å². The highest BCUT2D eigenvalue weighted by molar-refractivity contribution is 5.76. The van der Waals surface area contributed by atoms with Crippen molar-refractivity contribution >= 4 is 5.70 Å². The Morgan fingerprint density at radius 1 is 0.694 bits per heavy atom. The van der Waals surface area contributed by atoms with E-state index < -0.39 is 0 Å². The first kappa shape index (κ1) is 27.1. The lowest BCUT2D eigenvalue weighted by Crippen LogP contribution is -2.34. The molecule has 0 aromatic heterocycles. The van der Waals surface area contributed by atoms with E-state index in [-0.39, 0.29) is 0 Å². The molecule has 1 fully saturated rings. The van der Waals surface area contributed by atoms with Gasteiger partial charge in [-0.1, -0.05) is 118 Å². The Hall–Kier alpha value is -1.96. The van der Waals surface area contributed by atoms with Crippen LogP contribution in [0.2, 0.25) is 0 Å². The number of benzene rings is 1. The molecule has 2 aliphatic heterocycles. The topological polar surface area (TPSA) is 6.48 Å². The summed E-state index contributed by atoms with van der Waals surface area (Å²) in [5, 5.41) is 0. The number of hydrogen-bond acceptors (Lipinski definition) is 2. The average Bonchev–Trinajstić information content (AvgIpc) is 3.28. The molecule has 1 aromatic carbocycles. The molecule has 2 nitrogen and oxygen atoms in total. The summed E-state index contributed by atoms with van der Waals surface area (Å²) in [4.78, 5) is 5.30. The minimum atomic E-state index is 0.500. The van der Waals surface area contributed by atoms with E-state index in [0.717, 1.165) is 6.67 Å². The normalized spacial score (nSPS) is 20.5. The number of hydrogen-bond donors (Lipinski definition) is 0. The van der Waals surface area contributed by atoms with Crippen molar-refractivity contribution in [3.63, 3.8) is 0 Å². The molecule has 36 heavy (non-hydrogen) atoms. The highest BCUT2D eigenvalue weighted by atomic mass is 15.4. The van der Waals surface area contributed by atoms with E-state index >= 15 is 0 Å². The molecule has 0 radical (unpaired) electrons. The van der Waals surface area contributed by atoms with Gasteiger partial charge in [-0.3, -0.25) is 0 Å². The lowest BCUT2D eigenvalue weighted by molar-refractivity contribution is 0.213. The Labute approximate surface area is 222 Å². The van der Waals surface area contributed by atoms with Gasteiger partial charge in [-0.15, -0.1) is 0 Å². The zero-order chi connectivity index (χ0) is 25.7. The largest absolute Gasteiger partial charge is 0.355 e. The van der Waals surface area contributed by atoms with Gasteiger partial charge in [0, 0.05) is 17.8 Å². The molecule has 0 amide bonds. The highest BCUT2D eigenvalue weighted by Crippen LogP contribution is 2.41. The van der Waals surface area contributed by atoms with Crippen molar-refractivity contribution in [2.24, 2.45) is 0 Å². The summed E-state index contributed by atoms with van der Waals surface area (Å²) in [6.45, 7) is 15.1. The molecule has 1 aliphatic carbocycles. The Morgan fingerprint density at radius 2 is 1.22 bits per heavy atom. The zero-order valence-electron chi connectivity index (χ0n) is 24.2. The molecule has 1 saturated carbocycles. The molecule has 1 aromatic rings. The molecule has 2 heteroatoms. The molecule has 3 aliphatic rings. The van der Waals surface area contributed by atoms with E-state index in [4.69, 9.17) is 0 Å². The van der Waals surface area contributed by atoms with Crippen LogP contribution in [-0.2, 0) is 0 Å². The van der Waals surface area contributed by atoms with Crippen LogP contribution in [0.1, 0.15) is 152 Å². The second kappa shape index (κ2) is 12.5. The summed E-state index contributed by atoms with van der Waals surface area (Å²) in [5.41, 5.74) is 8.76. The van der Waals surface area contributed by atoms with Crippen LogP contribution in [0.4, 0.5) is 0 Å². The minimum Gasteiger partial charge on any atom is -0.355 e. The smallest absolute Gasteiger partial charge is 0.0950 e. The third-order valence-corrected chi connectivity index (χ3v) is 8.66. The van der Waals surface area contributed by atoms with E-state index in [9.17, 15) is 0 Å². The Kier molecular flexibility index (Phi) is 9.42. The molecular weight excluding hydrogens is 436 g/mol. The van der Waals surface area contributed by atoms with Crippen LogP contribution in [0.15, 0.2) is 42.3 Å². The third-order valence-electron chi connectivity index (χ3n) is 8.66. The fourth-order valence-corrected chi connectivity index (χ4v) is 6.37. The van der Waals surface area contributed by atoms with Crippen molar-refractivity contribution < 1.29 is 0 Å². The molecule has 0 unspecified atom stereocenters. The van der Waals surface area contributed by atoms with Gasteiger partial charge in [0.05, 0.1) is 18.1 Å². The maximum absolute atomic E-state index is 2.69. The summed E-state index contributed by atoms with van der Waals surface area (Å²) in [6, 6.07) is 5.68.